The van der Waals surface area contributed by atoms with Crippen LogP contribution in [0, 0.1) is 0 Å². The average Bonchev–Trinajstić information content (AvgIpc) is 2.45. The number of hydrogen-bond acceptors (Lipinski definition) is 4. The summed E-state index contributed by atoms with van der Waals surface area (Å²) in [5.41, 5.74) is 1.11. The maximum absolute atomic E-state index is 6.01. The number of hydrogen-bond donors (Lipinski definition) is 2. The van der Waals surface area contributed by atoms with E-state index in [0.717, 1.165) is 62.1 Å². The van der Waals surface area contributed by atoms with Crippen molar-refractivity contribution in [2.24, 2.45) is 0 Å². The van der Waals surface area contributed by atoms with Gasteiger partial charge < -0.3 is 15.4 Å². The lowest BCUT2D eigenvalue weighted by molar-refractivity contribution is 0.241. The van der Waals surface area contributed by atoms with Gasteiger partial charge in [-0.15, -0.1) is 0 Å². The van der Waals surface area contributed by atoms with Crippen molar-refractivity contribution >= 4 is 11.6 Å². The van der Waals surface area contributed by atoms with Crippen LogP contribution in [0.3, 0.4) is 0 Å². The van der Waals surface area contributed by atoms with Gasteiger partial charge in [0.15, 0.2) is 0 Å². The Morgan fingerprint density at radius 1 is 1.37 bits per heavy atom. The summed E-state index contributed by atoms with van der Waals surface area (Å²) in [7, 11) is 1.69. The van der Waals surface area contributed by atoms with Crippen LogP contribution in [0.2, 0.25) is 5.02 Å². The highest BCUT2D eigenvalue weighted by molar-refractivity contribution is 6.30. The first kappa shape index (κ1) is 14.6. The first-order valence-electron chi connectivity index (χ1n) is 6.76. The number of piperazine rings is 1. The number of rotatable bonds is 6. The maximum Gasteiger partial charge on any atom is 0.123 e. The fourth-order valence-electron chi connectivity index (χ4n) is 2.28. The molecule has 2 N–H and O–H groups in total. The van der Waals surface area contributed by atoms with E-state index in [9.17, 15) is 0 Å². The van der Waals surface area contributed by atoms with Crippen molar-refractivity contribution in [2.45, 2.75) is 6.54 Å². The van der Waals surface area contributed by atoms with Gasteiger partial charge in [-0.3, -0.25) is 4.90 Å². The largest absolute Gasteiger partial charge is 0.496 e. The lowest BCUT2D eigenvalue weighted by atomic mass is 10.2. The van der Waals surface area contributed by atoms with E-state index in [1.54, 1.807) is 7.11 Å². The van der Waals surface area contributed by atoms with Gasteiger partial charge in [0, 0.05) is 56.4 Å². The number of nitrogens with one attached hydrogen (secondary N) is 2. The van der Waals surface area contributed by atoms with Crippen molar-refractivity contribution in [1.29, 1.82) is 0 Å². The molecule has 0 saturated carbocycles. The molecule has 1 aliphatic heterocycles. The third-order valence-corrected chi connectivity index (χ3v) is 3.61. The molecule has 1 heterocycles. The number of benzene rings is 1. The van der Waals surface area contributed by atoms with Gasteiger partial charge in [0.25, 0.3) is 0 Å². The minimum atomic E-state index is 0.750. The van der Waals surface area contributed by atoms with E-state index in [-0.39, 0.29) is 0 Å². The molecular weight excluding hydrogens is 262 g/mol. The van der Waals surface area contributed by atoms with Crippen LogP contribution in [-0.2, 0) is 6.54 Å². The fraction of sp³-hybridized carbons (Fsp3) is 0.571. The van der Waals surface area contributed by atoms with Crippen LogP contribution >= 0.6 is 11.6 Å². The third-order valence-electron chi connectivity index (χ3n) is 3.37. The molecule has 0 aromatic heterocycles. The van der Waals surface area contributed by atoms with E-state index in [1.807, 2.05) is 18.2 Å². The zero-order valence-electron chi connectivity index (χ0n) is 11.4. The second kappa shape index (κ2) is 7.70. The number of ether oxygens (including phenoxy) is 1. The Balaban J connectivity index is 1.74. The van der Waals surface area contributed by atoms with Gasteiger partial charge in [-0.05, 0) is 18.2 Å². The number of methoxy groups -OCH3 is 1. The molecular formula is C14H22ClN3O. The minimum absolute atomic E-state index is 0.750. The molecule has 1 fully saturated rings. The number of nitrogens with zero attached hydrogens (tertiary/aromatic N) is 1. The van der Waals surface area contributed by atoms with Crippen molar-refractivity contribution in [3.05, 3.63) is 28.8 Å². The van der Waals surface area contributed by atoms with Crippen molar-refractivity contribution in [3.8, 4) is 5.75 Å². The van der Waals surface area contributed by atoms with Crippen LogP contribution in [0.1, 0.15) is 5.56 Å². The predicted molar refractivity (Wildman–Crippen MR) is 79.0 cm³/mol. The predicted octanol–water partition coefficient (Wildman–Crippen LogP) is 1.34. The molecule has 1 aromatic carbocycles. The smallest absolute Gasteiger partial charge is 0.123 e. The van der Waals surface area contributed by atoms with E-state index < -0.39 is 0 Å². The van der Waals surface area contributed by atoms with E-state index in [0.29, 0.717) is 0 Å². The van der Waals surface area contributed by atoms with Gasteiger partial charge in [0.2, 0.25) is 0 Å². The first-order chi connectivity index (χ1) is 9.29. The molecule has 5 heteroatoms. The zero-order valence-corrected chi connectivity index (χ0v) is 12.2. The summed E-state index contributed by atoms with van der Waals surface area (Å²) in [5, 5.41) is 7.56. The molecule has 2 rings (SSSR count). The van der Waals surface area contributed by atoms with E-state index >= 15 is 0 Å². The van der Waals surface area contributed by atoms with Gasteiger partial charge in [-0.25, -0.2) is 0 Å². The second-order valence-electron chi connectivity index (χ2n) is 4.72. The van der Waals surface area contributed by atoms with Crippen LogP contribution in [0.4, 0.5) is 0 Å². The van der Waals surface area contributed by atoms with Crippen LogP contribution in [0.25, 0.3) is 0 Å². The Hall–Kier alpha value is -0.810. The lowest BCUT2D eigenvalue weighted by Crippen LogP contribution is -2.45. The minimum Gasteiger partial charge on any atom is -0.496 e. The monoisotopic (exact) mass is 283 g/mol. The van der Waals surface area contributed by atoms with Crippen LogP contribution in [0.5, 0.6) is 5.75 Å². The molecule has 0 unspecified atom stereocenters. The Bertz CT molecular complexity index is 394. The molecule has 1 aromatic rings. The van der Waals surface area contributed by atoms with E-state index in [4.69, 9.17) is 16.3 Å². The topological polar surface area (TPSA) is 36.5 Å². The first-order valence-corrected chi connectivity index (χ1v) is 7.13. The van der Waals surface area contributed by atoms with Gasteiger partial charge >= 0.3 is 0 Å². The molecule has 0 spiro atoms. The van der Waals surface area contributed by atoms with Gasteiger partial charge in [0.05, 0.1) is 7.11 Å². The molecule has 4 nitrogen and oxygen atoms in total. The molecule has 1 saturated heterocycles. The summed E-state index contributed by atoms with van der Waals surface area (Å²) in [5.74, 6) is 0.888. The standard InChI is InChI=1S/C14H22ClN3O/c1-19-14-3-2-13(15)10-12(14)11-17-6-9-18-7-4-16-5-8-18/h2-3,10,16-17H,4-9,11H2,1H3. The Kier molecular flexibility index (Phi) is 5.92. The number of halogens is 1. The summed E-state index contributed by atoms with van der Waals surface area (Å²) in [6.45, 7) is 7.34. The summed E-state index contributed by atoms with van der Waals surface area (Å²) < 4.78 is 5.33. The summed E-state index contributed by atoms with van der Waals surface area (Å²) in [6, 6.07) is 5.72. The van der Waals surface area contributed by atoms with Crippen LogP contribution in [0.15, 0.2) is 18.2 Å². The molecule has 0 aliphatic carbocycles. The Morgan fingerprint density at radius 2 is 2.16 bits per heavy atom. The Morgan fingerprint density at radius 3 is 2.89 bits per heavy atom. The maximum atomic E-state index is 6.01. The quantitative estimate of drug-likeness (QED) is 0.773. The molecule has 1 aliphatic rings. The third kappa shape index (κ3) is 4.66. The van der Waals surface area contributed by atoms with Crippen LogP contribution in [-0.4, -0.2) is 51.3 Å². The van der Waals surface area contributed by atoms with Crippen molar-refractivity contribution < 1.29 is 4.74 Å². The highest BCUT2D eigenvalue weighted by Gasteiger charge is 2.08. The highest BCUT2D eigenvalue weighted by atomic mass is 35.5. The van der Waals surface area contributed by atoms with Gasteiger partial charge in [-0.1, -0.05) is 11.6 Å². The summed E-state index contributed by atoms with van der Waals surface area (Å²) >= 11 is 6.01. The molecule has 0 radical (unpaired) electrons. The lowest BCUT2D eigenvalue weighted by Gasteiger charge is -2.27. The van der Waals surface area contributed by atoms with Gasteiger partial charge in [0.1, 0.15) is 5.75 Å². The Labute approximate surface area is 120 Å². The van der Waals surface area contributed by atoms with Crippen molar-refractivity contribution in [2.75, 3.05) is 46.4 Å². The second-order valence-corrected chi connectivity index (χ2v) is 5.16. The van der Waals surface area contributed by atoms with Gasteiger partial charge in [-0.2, -0.15) is 0 Å². The summed E-state index contributed by atoms with van der Waals surface area (Å²) in [6.07, 6.45) is 0. The van der Waals surface area contributed by atoms with Crippen LogP contribution < -0.4 is 15.4 Å². The molecule has 0 atom stereocenters. The average molecular weight is 284 g/mol. The van der Waals surface area contributed by atoms with Crippen molar-refractivity contribution in [1.82, 2.24) is 15.5 Å². The molecule has 19 heavy (non-hydrogen) atoms. The SMILES string of the molecule is COc1ccc(Cl)cc1CNCCN1CCNCC1. The zero-order chi connectivity index (χ0) is 13.5. The molecule has 0 amide bonds. The molecule has 0 bridgehead atoms. The van der Waals surface area contributed by atoms with Crippen molar-refractivity contribution in [3.63, 3.8) is 0 Å². The highest BCUT2D eigenvalue weighted by Crippen LogP contribution is 2.22. The fourth-order valence-corrected chi connectivity index (χ4v) is 2.47. The van der Waals surface area contributed by atoms with E-state index in [1.165, 1.54) is 0 Å². The summed E-state index contributed by atoms with van der Waals surface area (Å²) in [4.78, 5) is 2.47. The van der Waals surface area contributed by atoms with E-state index in [2.05, 4.69) is 15.5 Å². The normalized spacial score (nSPS) is 16.5. The molecule has 106 valence electrons.